The molecule has 0 radical (unpaired) electrons. The van der Waals surface area contributed by atoms with Crippen LogP contribution in [-0.4, -0.2) is 15.0 Å². The van der Waals surface area contributed by atoms with Crippen molar-refractivity contribution in [2.75, 3.05) is 11.5 Å². The number of thioether (sulfide) groups is 1. The summed E-state index contributed by atoms with van der Waals surface area (Å²) in [6.07, 6.45) is 0. The fourth-order valence-electron chi connectivity index (χ4n) is 3.75. The second kappa shape index (κ2) is 11.9. The Labute approximate surface area is 233 Å². The zero-order chi connectivity index (χ0) is 28.8. The molecule has 0 amide bonds. The lowest BCUT2D eigenvalue weighted by atomic mass is 9.96. The molecular formula is C30H20N4O5S. The van der Waals surface area contributed by atoms with Gasteiger partial charge in [0.05, 0.1) is 9.85 Å². The standard InChI is InChI=1S/C30H20N4O5S/c1-19(35)40-24-13-9-21(10-14-24)8-12-23-16-28(32)26(18-30(23)34(38)39)25-17-29(33(36)37)22(15-27(25)31)11-7-20-5-3-2-4-6-20/h2-6,9-10,13-18H,31-32H2,1H3. The van der Waals surface area contributed by atoms with Crippen molar-refractivity contribution in [2.45, 2.75) is 11.8 Å². The van der Waals surface area contributed by atoms with Crippen LogP contribution in [0.1, 0.15) is 29.2 Å². The number of carbonyl (C=O) groups is 1. The zero-order valence-electron chi connectivity index (χ0n) is 21.0. The smallest absolute Gasteiger partial charge is 0.285 e. The summed E-state index contributed by atoms with van der Waals surface area (Å²) >= 11 is 1.08. The number of benzene rings is 4. The van der Waals surface area contributed by atoms with Gasteiger partial charge in [0.15, 0.2) is 5.12 Å². The molecule has 4 aromatic rings. The van der Waals surface area contributed by atoms with Gasteiger partial charge >= 0.3 is 0 Å². The fraction of sp³-hybridized carbons (Fsp3) is 0.0333. The van der Waals surface area contributed by atoms with E-state index in [0.717, 1.165) is 16.7 Å². The van der Waals surface area contributed by atoms with Gasteiger partial charge in [-0.15, -0.1) is 0 Å². The number of nitro benzene ring substituents is 2. The van der Waals surface area contributed by atoms with Crippen molar-refractivity contribution in [3.05, 3.63) is 121 Å². The van der Waals surface area contributed by atoms with Crippen LogP contribution in [0.15, 0.2) is 83.8 Å². The van der Waals surface area contributed by atoms with E-state index in [1.807, 2.05) is 6.07 Å². The summed E-state index contributed by atoms with van der Waals surface area (Å²) in [6.45, 7) is 1.46. The van der Waals surface area contributed by atoms with Crippen LogP contribution in [-0.2, 0) is 4.79 Å². The zero-order valence-corrected chi connectivity index (χ0v) is 21.8. The predicted octanol–water partition coefficient (Wildman–Crippen LogP) is 5.77. The minimum atomic E-state index is -0.607. The van der Waals surface area contributed by atoms with Crippen LogP contribution in [0.25, 0.3) is 11.1 Å². The van der Waals surface area contributed by atoms with E-state index < -0.39 is 9.85 Å². The summed E-state index contributed by atoms with van der Waals surface area (Å²) in [5.74, 6) is 11.3. The molecule has 4 N–H and O–H groups in total. The average Bonchev–Trinajstić information content (AvgIpc) is 2.91. The Morgan fingerprint density at radius 1 is 0.700 bits per heavy atom. The Morgan fingerprint density at radius 2 is 1.15 bits per heavy atom. The number of carbonyl (C=O) groups excluding carboxylic acids is 1. The first-order valence-electron chi connectivity index (χ1n) is 11.7. The topological polar surface area (TPSA) is 155 Å². The van der Waals surface area contributed by atoms with E-state index in [2.05, 4.69) is 23.7 Å². The van der Waals surface area contributed by atoms with Crippen molar-refractivity contribution in [3.63, 3.8) is 0 Å². The number of hydrogen-bond acceptors (Lipinski definition) is 8. The van der Waals surface area contributed by atoms with E-state index in [4.69, 9.17) is 11.5 Å². The van der Waals surface area contributed by atoms with Gasteiger partial charge in [-0.2, -0.15) is 0 Å². The van der Waals surface area contributed by atoms with Crippen LogP contribution in [0.4, 0.5) is 22.7 Å². The molecule has 0 atom stereocenters. The van der Waals surface area contributed by atoms with Gasteiger partial charge < -0.3 is 11.5 Å². The van der Waals surface area contributed by atoms with Crippen LogP contribution in [0.5, 0.6) is 0 Å². The molecule has 0 heterocycles. The molecule has 0 saturated heterocycles. The lowest BCUT2D eigenvalue weighted by Gasteiger charge is -2.11. The van der Waals surface area contributed by atoms with Crippen molar-refractivity contribution >= 4 is 39.6 Å². The third kappa shape index (κ3) is 6.45. The minimum Gasteiger partial charge on any atom is -0.398 e. The minimum absolute atomic E-state index is 0.0502. The number of nitrogen functional groups attached to an aromatic ring is 2. The molecule has 4 aromatic carbocycles. The van der Waals surface area contributed by atoms with Gasteiger partial charge in [0.25, 0.3) is 11.4 Å². The number of rotatable bonds is 4. The summed E-state index contributed by atoms with van der Waals surface area (Å²) in [4.78, 5) is 34.6. The largest absolute Gasteiger partial charge is 0.398 e. The normalized spacial score (nSPS) is 10.0. The monoisotopic (exact) mass is 548 g/mol. The summed E-state index contributed by atoms with van der Waals surface area (Å²) in [5, 5.41) is 23.7. The number of hydrogen-bond donors (Lipinski definition) is 2. The average molecular weight is 549 g/mol. The Morgan fingerprint density at radius 3 is 1.57 bits per heavy atom. The second-order valence-corrected chi connectivity index (χ2v) is 9.66. The van der Waals surface area contributed by atoms with Gasteiger partial charge in [-0.25, -0.2) is 0 Å². The molecule has 0 bridgehead atoms. The maximum Gasteiger partial charge on any atom is 0.285 e. The number of nitrogens with zero attached hydrogens (tertiary/aromatic N) is 2. The third-order valence-electron chi connectivity index (χ3n) is 5.59. The van der Waals surface area contributed by atoms with E-state index in [0.29, 0.717) is 11.1 Å². The quantitative estimate of drug-likeness (QED) is 0.107. The van der Waals surface area contributed by atoms with Gasteiger partial charge in [0, 0.05) is 57.6 Å². The number of nitro groups is 2. The maximum atomic E-state index is 11.9. The van der Waals surface area contributed by atoms with E-state index in [1.165, 1.54) is 31.2 Å². The molecule has 0 unspecified atom stereocenters. The molecule has 0 aliphatic heterocycles. The second-order valence-electron chi connectivity index (χ2n) is 8.41. The summed E-state index contributed by atoms with van der Waals surface area (Å²) in [5.41, 5.74) is 13.8. The van der Waals surface area contributed by atoms with E-state index in [1.54, 1.807) is 48.5 Å². The SMILES string of the molecule is CC(=O)Sc1ccc(C#Cc2cc(N)c(-c3cc([N+](=O)[O-])c(C#Cc4ccccc4)cc3N)cc2[N+](=O)[O-])cc1. The van der Waals surface area contributed by atoms with E-state index in [-0.39, 0.29) is 50.1 Å². The first-order valence-corrected chi connectivity index (χ1v) is 12.5. The highest BCUT2D eigenvalue weighted by Crippen LogP contribution is 2.38. The van der Waals surface area contributed by atoms with Crippen molar-refractivity contribution in [3.8, 4) is 34.8 Å². The predicted molar refractivity (Wildman–Crippen MR) is 155 cm³/mol. The fourth-order valence-corrected chi connectivity index (χ4v) is 4.36. The van der Waals surface area contributed by atoms with Gasteiger partial charge in [0.2, 0.25) is 0 Å². The molecular weight excluding hydrogens is 528 g/mol. The molecule has 4 rings (SSSR count). The van der Waals surface area contributed by atoms with Crippen molar-refractivity contribution in [2.24, 2.45) is 0 Å². The van der Waals surface area contributed by atoms with Crippen LogP contribution >= 0.6 is 11.8 Å². The highest BCUT2D eigenvalue weighted by molar-refractivity contribution is 8.13. The van der Waals surface area contributed by atoms with Gasteiger partial charge in [-0.05, 0) is 48.5 Å². The van der Waals surface area contributed by atoms with E-state index in [9.17, 15) is 25.0 Å². The summed E-state index contributed by atoms with van der Waals surface area (Å²) in [6, 6.07) is 20.9. The summed E-state index contributed by atoms with van der Waals surface area (Å²) in [7, 11) is 0. The highest BCUT2D eigenvalue weighted by atomic mass is 32.2. The highest BCUT2D eigenvalue weighted by Gasteiger charge is 2.22. The molecule has 10 heteroatoms. The van der Waals surface area contributed by atoms with Crippen LogP contribution in [0, 0.1) is 43.9 Å². The molecule has 0 saturated carbocycles. The van der Waals surface area contributed by atoms with Gasteiger partial charge in [0.1, 0.15) is 11.1 Å². The molecule has 9 nitrogen and oxygen atoms in total. The Kier molecular flexibility index (Phi) is 8.14. The molecule has 0 aromatic heterocycles. The molecule has 40 heavy (non-hydrogen) atoms. The first-order chi connectivity index (χ1) is 19.1. The van der Waals surface area contributed by atoms with Crippen LogP contribution < -0.4 is 11.5 Å². The van der Waals surface area contributed by atoms with Crippen molar-refractivity contribution < 1.29 is 14.6 Å². The first kappa shape index (κ1) is 27.5. The van der Waals surface area contributed by atoms with Crippen molar-refractivity contribution in [1.29, 1.82) is 0 Å². The van der Waals surface area contributed by atoms with Gasteiger partial charge in [-0.3, -0.25) is 25.0 Å². The number of nitrogens with two attached hydrogens (primary N) is 2. The maximum absolute atomic E-state index is 11.9. The molecule has 0 aliphatic rings. The van der Waals surface area contributed by atoms with Crippen LogP contribution in [0.2, 0.25) is 0 Å². The van der Waals surface area contributed by atoms with E-state index >= 15 is 0 Å². The molecule has 196 valence electrons. The third-order valence-corrected chi connectivity index (χ3v) is 6.39. The Hall–Kier alpha value is -5.58. The Balaban J connectivity index is 1.75. The molecule has 0 fully saturated rings. The lowest BCUT2D eigenvalue weighted by Crippen LogP contribution is -2.02. The van der Waals surface area contributed by atoms with Gasteiger partial charge in [-0.1, -0.05) is 53.6 Å². The molecule has 0 aliphatic carbocycles. The molecule has 0 spiro atoms. The Bertz CT molecular complexity index is 1780. The van der Waals surface area contributed by atoms with Crippen molar-refractivity contribution in [1.82, 2.24) is 0 Å². The lowest BCUT2D eigenvalue weighted by molar-refractivity contribution is -0.385. The number of anilines is 2. The summed E-state index contributed by atoms with van der Waals surface area (Å²) < 4.78 is 0. The van der Waals surface area contributed by atoms with Crippen LogP contribution in [0.3, 0.4) is 0 Å².